The molecule has 3 aromatic rings. The maximum Gasteiger partial charge on any atom is 0.220 e. The number of amides is 1. The van der Waals surface area contributed by atoms with E-state index in [0.29, 0.717) is 19.4 Å². The normalized spacial score (nSPS) is 12.2. The molecule has 0 fully saturated rings. The molecule has 3 N–H and O–H groups in total. The number of benzene rings is 2. The van der Waals surface area contributed by atoms with Crippen molar-refractivity contribution in [3.8, 4) is 5.69 Å². The van der Waals surface area contributed by atoms with E-state index in [2.05, 4.69) is 16.0 Å². The largest absolute Gasteiger partial charge is 0.352 e. The van der Waals surface area contributed by atoms with Crippen LogP contribution in [-0.4, -0.2) is 28.0 Å². The van der Waals surface area contributed by atoms with E-state index in [9.17, 15) is 4.79 Å². The summed E-state index contributed by atoms with van der Waals surface area (Å²) in [6.45, 7) is 2.34. The monoisotopic (exact) mass is 322 g/mol. The topological polar surface area (TPSA) is 72.9 Å². The Balaban J connectivity index is 1.89. The third kappa shape index (κ3) is 3.46. The van der Waals surface area contributed by atoms with Crippen molar-refractivity contribution in [1.82, 2.24) is 14.9 Å². The zero-order valence-electron chi connectivity index (χ0n) is 13.8. The number of nitrogens with zero attached hydrogens (tertiary/aromatic N) is 2. The van der Waals surface area contributed by atoms with Gasteiger partial charge in [0.25, 0.3) is 0 Å². The number of hydrogen-bond acceptors (Lipinski definition) is 3. The van der Waals surface area contributed by atoms with Crippen molar-refractivity contribution in [3.05, 3.63) is 60.4 Å². The number of nitrogens with two attached hydrogens (primary N) is 1. The molecule has 3 rings (SSSR count). The lowest BCUT2D eigenvalue weighted by Gasteiger charge is -2.12. The number of aromatic nitrogens is 2. The van der Waals surface area contributed by atoms with E-state index in [0.717, 1.165) is 22.5 Å². The molecule has 0 unspecified atom stereocenters. The Hall–Kier alpha value is -2.66. The second-order valence-electron chi connectivity index (χ2n) is 5.89. The summed E-state index contributed by atoms with van der Waals surface area (Å²) in [7, 11) is 0. The number of carbonyl (C=O) groups is 1. The molecule has 0 radical (unpaired) electrons. The molecule has 5 heteroatoms. The van der Waals surface area contributed by atoms with Gasteiger partial charge in [0.1, 0.15) is 5.82 Å². The van der Waals surface area contributed by atoms with Crippen molar-refractivity contribution in [3.63, 3.8) is 0 Å². The van der Waals surface area contributed by atoms with E-state index in [1.165, 1.54) is 0 Å². The van der Waals surface area contributed by atoms with Crippen LogP contribution in [0.25, 0.3) is 16.7 Å². The van der Waals surface area contributed by atoms with E-state index in [-0.39, 0.29) is 11.9 Å². The SMILES string of the molecule is C[C@@H](CN)NC(=O)CCc1nc2ccccc2n1-c1ccccc1. The summed E-state index contributed by atoms with van der Waals surface area (Å²) < 4.78 is 2.12. The standard InChI is InChI=1S/C19H22N4O/c1-14(13-20)21-19(24)12-11-18-22-16-9-5-6-10-17(16)23(18)15-7-3-2-4-8-15/h2-10,14H,11-13,20H2,1H3,(H,21,24)/t14-/m0/s1. The molecule has 0 aliphatic carbocycles. The van der Waals surface area contributed by atoms with Gasteiger partial charge < -0.3 is 11.1 Å². The van der Waals surface area contributed by atoms with Crippen LogP contribution in [0.3, 0.4) is 0 Å². The smallest absolute Gasteiger partial charge is 0.220 e. The lowest BCUT2D eigenvalue weighted by atomic mass is 10.2. The first kappa shape index (κ1) is 16.2. The molecule has 0 bridgehead atoms. The average Bonchev–Trinajstić information content (AvgIpc) is 2.99. The number of carbonyl (C=O) groups excluding carboxylic acids is 1. The Morgan fingerprint density at radius 3 is 2.62 bits per heavy atom. The second kappa shape index (κ2) is 7.27. The van der Waals surface area contributed by atoms with Gasteiger partial charge in [-0.3, -0.25) is 9.36 Å². The predicted molar refractivity (Wildman–Crippen MR) is 96.1 cm³/mol. The molecule has 24 heavy (non-hydrogen) atoms. The highest BCUT2D eigenvalue weighted by atomic mass is 16.1. The number of hydrogen-bond donors (Lipinski definition) is 2. The molecule has 2 aromatic carbocycles. The zero-order chi connectivity index (χ0) is 16.9. The van der Waals surface area contributed by atoms with Crippen LogP contribution in [0, 0.1) is 0 Å². The van der Waals surface area contributed by atoms with Gasteiger partial charge in [-0.05, 0) is 31.2 Å². The highest BCUT2D eigenvalue weighted by Gasteiger charge is 2.14. The predicted octanol–water partition coefficient (Wildman–Crippen LogP) is 2.42. The van der Waals surface area contributed by atoms with Crippen LogP contribution in [0.2, 0.25) is 0 Å². The quantitative estimate of drug-likeness (QED) is 0.732. The fourth-order valence-electron chi connectivity index (χ4n) is 2.74. The fourth-order valence-corrected chi connectivity index (χ4v) is 2.74. The molecule has 1 aromatic heterocycles. The molecule has 5 nitrogen and oxygen atoms in total. The van der Waals surface area contributed by atoms with Crippen LogP contribution >= 0.6 is 0 Å². The van der Waals surface area contributed by atoms with Crippen LogP contribution in [0.1, 0.15) is 19.2 Å². The van der Waals surface area contributed by atoms with Crippen LogP contribution < -0.4 is 11.1 Å². The molecule has 0 saturated carbocycles. The molecule has 0 spiro atoms. The third-order valence-electron chi connectivity index (χ3n) is 3.98. The van der Waals surface area contributed by atoms with Gasteiger partial charge in [0.05, 0.1) is 11.0 Å². The Morgan fingerprint density at radius 2 is 1.88 bits per heavy atom. The number of rotatable bonds is 6. The Labute approximate surface area is 141 Å². The minimum Gasteiger partial charge on any atom is -0.352 e. The Morgan fingerprint density at radius 1 is 1.17 bits per heavy atom. The van der Waals surface area contributed by atoms with E-state index in [4.69, 9.17) is 10.7 Å². The number of imidazole rings is 1. The molecular formula is C19H22N4O. The highest BCUT2D eigenvalue weighted by Crippen LogP contribution is 2.22. The van der Waals surface area contributed by atoms with Crippen LogP contribution in [0.5, 0.6) is 0 Å². The van der Waals surface area contributed by atoms with Crippen LogP contribution in [0.4, 0.5) is 0 Å². The number of para-hydroxylation sites is 3. The molecule has 1 atom stereocenters. The summed E-state index contributed by atoms with van der Waals surface area (Å²) in [6, 6.07) is 18.1. The van der Waals surface area contributed by atoms with Crippen molar-refractivity contribution in [2.45, 2.75) is 25.8 Å². The van der Waals surface area contributed by atoms with Crippen LogP contribution in [0.15, 0.2) is 54.6 Å². The summed E-state index contributed by atoms with van der Waals surface area (Å²) in [5.74, 6) is 0.887. The molecule has 0 aliphatic rings. The number of nitrogens with one attached hydrogen (secondary N) is 1. The minimum atomic E-state index is -0.00885. The first-order valence-corrected chi connectivity index (χ1v) is 8.20. The Bertz CT molecular complexity index is 826. The summed E-state index contributed by atoms with van der Waals surface area (Å²) in [6.07, 6.45) is 0.965. The van der Waals surface area contributed by atoms with Gasteiger partial charge >= 0.3 is 0 Å². The summed E-state index contributed by atoms with van der Waals surface area (Å²) >= 11 is 0. The van der Waals surface area contributed by atoms with Gasteiger partial charge in [-0.1, -0.05) is 30.3 Å². The minimum absolute atomic E-state index is 0.000354. The van der Waals surface area contributed by atoms with Crippen molar-refractivity contribution in [1.29, 1.82) is 0 Å². The average molecular weight is 322 g/mol. The summed E-state index contributed by atoms with van der Waals surface area (Å²) in [5, 5.41) is 2.89. The fraction of sp³-hybridized carbons (Fsp3) is 0.263. The van der Waals surface area contributed by atoms with Gasteiger partial charge in [0.2, 0.25) is 5.91 Å². The van der Waals surface area contributed by atoms with E-state index < -0.39 is 0 Å². The zero-order valence-corrected chi connectivity index (χ0v) is 13.8. The summed E-state index contributed by atoms with van der Waals surface area (Å²) in [5.41, 5.74) is 8.59. The second-order valence-corrected chi connectivity index (χ2v) is 5.89. The molecule has 124 valence electrons. The van der Waals surface area contributed by atoms with Crippen molar-refractivity contribution >= 4 is 16.9 Å². The summed E-state index contributed by atoms with van der Waals surface area (Å²) in [4.78, 5) is 16.8. The molecular weight excluding hydrogens is 300 g/mol. The lowest BCUT2D eigenvalue weighted by Crippen LogP contribution is -2.37. The molecule has 1 heterocycles. The highest BCUT2D eigenvalue weighted by molar-refractivity contribution is 5.79. The molecule has 0 aliphatic heterocycles. The van der Waals surface area contributed by atoms with Gasteiger partial charge in [-0.15, -0.1) is 0 Å². The van der Waals surface area contributed by atoms with Crippen molar-refractivity contribution in [2.24, 2.45) is 5.73 Å². The van der Waals surface area contributed by atoms with Crippen molar-refractivity contribution < 1.29 is 4.79 Å². The van der Waals surface area contributed by atoms with Gasteiger partial charge in [0.15, 0.2) is 0 Å². The van der Waals surface area contributed by atoms with E-state index in [1.54, 1.807) is 0 Å². The Kier molecular flexibility index (Phi) is 4.91. The maximum absolute atomic E-state index is 12.0. The number of aryl methyl sites for hydroxylation is 1. The van der Waals surface area contributed by atoms with E-state index in [1.807, 2.05) is 55.5 Å². The van der Waals surface area contributed by atoms with Gasteiger partial charge in [-0.25, -0.2) is 4.98 Å². The van der Waals surface area contributed by atoms with Crippen molar-refractivity contribution in [2.75, 3.05) is 6.54 Å². The first-order valence-electron chi connectivity index (χ1n) is 8.20. The van der Waals surface area contributed by atoms with Gasteiger partial charge in [0, 0.05) is 31.1 Å². The maximum atomic E-state index is 12.0. The van der Waals surface area contributed by atoms with Gasteiger partial charge in [-0.2, -0.15) is 0 Å². The lowest BCUT2D eigenvalue weighted by molar-refractivity contribution is -0.121. The van der Waals surface area contributed by atoms with Crippen LogP contribution in [-0.2, 0) is 11.2 Å². The molecule has 0 saturated heterocycles. The molecule has 1 amide bonds. The van der Waals surface area contributed by atoms with E-state index >= 15 is 0 Å². The first-order chi connectivity index (χ1) is 11.7. The third-order valence-corrected chi connectivity index (χ3v) is 3.98. The number of fused-ring (bicyclic) bond motifs is 1.